The van der Waals surface area contributed by atoms with E-state index in [0.29, 0.717) is 35.5 Å². The number of hydrogen-bond acceptors (Lipinski definition) is 6. The summed E-state index contributed by atoms with van der Waals surface area (Å²) in [4.78, 5) is 32.1. The van der Waals surface area contributed by atoms with Crippen LogP contribution in [0.3, 0.4) is 0 Å². The maximum absolute atomic E-state index is 16.3. The number of aryl methyl sites for hydroxylation is 1. The van der Waals surface area contributed by atoms with Gasteiger partial charge in [0.1, 0.15) is 17.5 Å². The van der Waals surface area contributed by atoms with Crippen molar-refractivity contribution < 1.29 is 23.8 Å². The van der Waals surface area contributed by atoms with Crippen LogP contribution in [0.2, 0.25) is 0 Å². The monoisotopic (exact) mass is 721 g/mol. The highest BCUT2D eigenvalue weighted by Gasteiger charge is 2.66. The Morgan fingerprint density at radius 3 is 2.43 bits per heavy atom. The van der Waals surface area contributed by atoms with Crippen molar-refractivity contribution in [1.82, 2.24) is 15.0 Å². The predicted molar refractivity (Wildman–Crippen MR) is 204 cm³/mol. The van der Waals surface area contributed by atoms with Crippen LogP contribution in [-0.4, -0.2) is 43.7 Å². The number of hydrogen-bond donors (Lipinski definition) is 1. The van der Waals surface area contributed by atoms with Gasteiger partial charge in [-0.1, -0.05) is 97.1 Å². The molecule has 5 atom stereocenters. The minimum absolute atomic E-state index is 0.0888. The molecule has 0 radical (unpaired) electrons. The maximum atomic E-state index is 16.3. The van der Waals surface area contributed by atoms with Crippen molar-refractivity contribution in [3.8, 4) is 0 Å². The number of nitrogens with zero attached hydrogens (tertiary/aromatic N) is 5. The van der Waals surface area contributed by atoms with Crippen LogP contribution in [0, 0.1) is 11.8 Å². The lowest BCUT2D eigenvalue weighted by Gasteiger charge is -2.32. The Labute approximate surface area is 312 Å². The molecule has 0 unspecified atom stereocenters. The standard InChI is InChI=1S/C44H40FN5O4/c1-27-39(43(2,3)45)37(22-23-48-26-34(46-47-48)40(51)30-13-5-4-6-14-30)54-44(27)33-19-7-8-20-35(33)49(42(44)53)25-28-12-9-17-31(24-28)50-36-21-11-16-29-15-10-18-32(38(29)36)41(50)52/h4-21,24,26-27,37,39-40,51H,22-23,25H2,1-3H3/t27-,37+,39-,40-,44+/m1/s1. The summed E-state index contributed by atoms with van der Waals surface area (Å²) in [6.07, 6.45) is 0.536. The van der Waals surface area contributed by atoms with E-state index in [1.165, 1.54) is 0 Å². The normalized spacial score (nSPS) is 22.5. The van der Waals surface area contributed by atoms with Crippen molar-refractivity contribution >= 4 is 39.6 Å². The number of halogens is 1. The number of carbonyl (C=O) groups excluding carboxylic acids is 2. The average Bonchev–Trinajstić information content (AvgIpc) is 3.91. The minimum Gasteiger partial charge on any atom is -0.382 e. The van der Waals surface area contributed by atoms with E-state index in [2.05, 4.69) is 10.3 Å². The van der Waals surface area contributed by atoms with E-state index in [9.17, 15) is 14.7 Å². The van der Waals surface area contributed by atoms with Gasteiger partial charge in [-0.3, -0.25) is 19.2 Å². The first kappa shape index (κ1) is 34.1. The third-order valence-electron chi connectivity index (χ3n) is 11.5. The number of ether oxygens (including phenoxy) is 1. The van der Waals surface area contributed by atoms with Crippen LogP contribution in [0.25, 0.3) is 10.8 Å². The van der Waals surface area contributed by atoms with Gasteiger partial charge in [0, 0.05) is 35.0 Å². The molecule has 1 fully saturated rings. The smallest absolute Gasteiger partial charge is 0.264 e. The van der Waals surface area contributed by atoms with Crippen molar-refractivity contribution in [2.75, 3.05) is 9.80 Å². The molecule has 3 aliphatic rings. The van der Waals surface area contributed by atoms with Gasteiger partial charge in [0.25, 0.3) is 11.8 Å². The molecule has 4 heterocycles. The second-order valence-corrected chi connectivity index (χ2v) is 15.2. The van der Waals surface area contributed by atoms with Crippen LogP contribution in [0.4, 0.5) is 21.5 Å². The Morgan fingerprint density at radius 1 is 0.907 bits per heavy atom. The van der Waals surface area contributed by atoms with E-state index in [0.717, 1.165) is 33.3 Å². The largest absolute Gasteiger partial charge is 0.382 e. The Kier molecular flexibility index (Phi) is 8.02. The molecule has 1 aromatic heterocycles. The summed E-state index contributed by atoms with van der Waals surface area (Å²) in [5, 5.41) is 21.3. The summed E-state index contributed by atoms with van der Waals surface area (Å²) in [7, 11) is 0. The van der Waals surface area contributed by atoms with Crippen molar-refractivity contribution in [3.63, 3.8) is 0 Å². The first-order valence-electron chi connectivity index (χ1n) is 18.4. The Balaban J connectivity index is 0.998. The number of aromatic nitrogens is 3. The van der Waals surface area contributed by atoms with E-state index in [1.54, 1.807) is 34.5 Å². The fourth-order valence-electron chi connectivity index (χ4n) is 9.19. The molecule has 9 nitrogen and oxygen atoms in total. The zero-order chi connectivity index (χ0) is 37.4. The molecule has 1 saturated heterocycles. The molecule has 10 heteroatoms. The van der Waals surface area contributed by atoms with Gasteiger partial charge in [0.15, 0.2) is 5.60 Å². The van der Waals surface area contributed by atoms with Crippen molar-refractivity contribution in [2.45, 2.75) is 63.8 Å². The third-order valence-corrected chi connectivity index (χ3v) is 11.5. The molecule has 1 N–H and O–H groups in total. The fraction of sp³-hybridized carbons (Fsp3) is 0.273. The molecule has 0 bridgehead atoms. The van der Waals surface area contributed by atoms with Gasteiger partial charge in [-0.15, -0.1) is 5.10 Å². The molecule has 9 rings (SSSR count). The first-order valence-corrected chi connectivity index (χ1v) is 18.4. The van der Waals surface area contributed by atoms with Gasteiger partial charge < -0.3 is 14.7 Å². The van der Waals surface area contributed by atoms with Crippen LogP contribution in [0.5, 0.6) is 0 Å². The van der Waals surface area contributed by atoms with Crippen molar-refractivity contribution in [3.05, 3.63) is 149 Å². The number of aliphatic hydroxyl groups is 1. The Bertz CT molecular complexity index is 2420. The molecule has 1 spiro atoms. The second kappa shape index (κ2) is 12.7. The Morgan fingerprint density at radius 2 is 1.63 bits per heavy atom. The summed E-state index contributed by atoms with van der Waals surface area (Å²) in [5.74, 6) is -1.43. The maximum Gasteiger partial charge on any atom is 0.264 e. The molecule has 2 amide bonds. The minimum atomic E-state index is -1.66. The molecule has 0 saturated carbocycles. The zero-order valence-electron chi connectivity index (χ0n) is 30.3. The van der Waals surface area contributed by atoms with E-state index in [-0.39, 0.29) is 18.4 Å². The summed E-state index contributed by atoms with van der Waals surface area (Å²) in [6.45, 7) is 5.63. The van der Waals surface area contributed by atoms with Gasteiger partial charge in [0.2, 0.25) is 0 Å². The number of fused-ring (bicyclic) bond motifs is 2. The number of benzene rings is 5. The highest BCUT2D eigenvalue weighted by atomic mass is 19.1. The molecule has 5 aromatic carbocycles. The summed E-state index contributed by atoms with van der Waals surface area (Å²) >= 11 is 0. The average molecular weight is 722 g/mol. The Hall–Kier alpha value is -5.71. The second-order valence-electron chi connectivity index (χ2n) is 15.2. The van der Waals surface area contributed by atoms with E-state index >= 15 is 4.39 Å². The van der Waals surface area contributed by atoms with E-state index in [1.807, 2.05) is 122 Å². The molecule has 272 valence electrons. The van der Waals surface area contributed by atoms with Gasteiger partial charge in [0.05, 0.1) is 35.8 Å². The summed E-state index contributed by atoms with van der Waals surface area (Å²) < 4.78 is 24.8. The summed E-state index contributed by atoms with van der Waals surface area (Å²) in [6, 6.07) is 36.3. The van der Waals surface area contributed by atoms with Crippen molar-refractivity contribution in [1.29, 1.82) is 0 Å². The van der Waals surface area contributed by atoms with Crippen LogP contribution >= 0.6 is 0 Å². The molecule has 54 heavy (non-hydrogen) atoms. The van der Waals surface area contributed by atoms with E-state index < -0.39 is 35.3 Å². The van der Waals surface area contributed by atoms with Crippen LogP contribution < -0.4 is 9.80 Å². The number of rotatable bonds is 9. The van der Waals surface area contributed by atoms with Gasteiger partial charge in [-0.2, -0.15) is 0 Å². The lowest BCUT2D eigenvalue weighted by molar-refractivity contribution is -0.146. The predicted octanol–water partition coefficient (Wildman–Crippen LogP) is 8.04. The number of alkyl halides is 1. The quantitative estimate of drug-likeness (QED) is 0.162. The van der Waals surface area contributed by atoms with Crippen LogP contribution in [-0.2, 0) is 28.2 Å². The SMILES string of the molecule is C[C@@H]1[C@@H](C(C)(C)F)[C@H](CCn2cc([C@H](O)c3ccccc3)nn2)O[C@@]12C(=O)N(Cc1cccc(N3C(=O)c4cccc5cccc3c45)c1)c1ccccc12. The first-order chi connectivity index (χ1) is 26.1. The summed E-state index contributed by atoms with van der Waals surface area (Å²) in [5.41, 5.74) is 2.57. The molecule has 0 aliphatic carbocycles. The number of para-hydroxylation sites is 1. The number of aliphatic hydroxyl groups excluding tert-OH is 1. The number of anilines is 3. The highest BCUT2D eigenvalue weighted by molar-refractivity contribution is 6.27. The lowest BCUT2D eigenvalue weighted by Crippen LogP contribution is -2.45. The molecule has 3 aliphatic heterocycles. The van der Waals surface area contributed by atoms with Crippen LogP contribution in [0.15, 0.2) is 121 Å². The molecular weight excluding hydrogens is 682 g/mol. The molecule has 6 aromatic rings. The van der Waals surface area contributed by atoms with Crippen molar-refractivity contribution in [2.24, 2.45) is 11.8 Å². The lowest BCUT2D eigenvalue weighted by atomic mass is 9.71. The van der Waals surface area contributed by atoms with Crippen LogP contribution in [0.1, 0.15) is 66.0 Å². The van der Waals surface area contributed by atoms with E-state index in [4.69, 9.17) is 4.74 Å². The highest BCUT2D eigenvalue weighted by Crippen LogP contribution is 2.58. The third kappa shape index (κ3) is 5.27. The number of amides is 2. The fourth-order valence-corrected chi connectivity index (χ4v) is 9.19. The van der Waals surface area contributed by atoms with Gasteiger partial charge in [-0.05, 0) is 67.1 Å². The topological polar surface area (TPSA) is 101 Å². The number of carbonyl (C=O) groups is 2. The van der Waals surface area contributed by atoms with Gasteiger partial charge in [-0.25, -0.2) is 4.39 Å². The zero-order valence-corrected chi connectivity index (χ0v) is 30.3. The van der Waals surface area contributed by atoms with Gasteiger partial charge >= 0.3 is 0 Å². The molecular formula is C44H40FN5O4.